The van der Waals surface area contributed by atoms with Crippen molar-refractivity contribution in [2.45, 2.75) is 44.7 Å². The van der Waals surface area contributed by atoms with Crippen molar-refractivity contribution in [3.63, 3.8) is 0 Å². The molecule has 2 aromatic carbocycles. The van der Waals surface area contributed by atoms with E-state index in [0.717, 1.165) is 30.4 Å². The minimum Gasteiger partial charge on any atom is -0.478 e. The van der Waals surface area contributed by atoms with Gasteiger partial charge < -0.3 is 15.3 Å². The summed E-state index contributed by atoms with van der Waals surface area (Å²) in [5, 5.41) is 12.0. The van der Waals surface area contributed by atoms with Gasteiger partial charge in [0, 0.05) is 31.1 Å². The van der Waals surface area contributed by atoms with Gasteiger partial charge in [0.2, 0.25) is 5.91 Å². The number of rotatable bonds is 6. The second-order valence-electron chi connectivity index (χ2n) is 7.46. The SMILES string of the molecule is CCC(=O)N[C@@H]1CC[C@H](N(C)C(=O)c2ccc(-c3ccc(C(=O)O)cc3)cc2)C1. The summed E-state index contributed by atoms with van der Waals surface area (Å²) in [5.74, 6) is -0.939. The monoisotopic (exact) mass is 394 g/mol. The highest BCUT2D eigenvalue weighted by Crippen LogP contribution is 2.26. The lowest BCUT2D eigenvalue weighted by molar-refractivity contribution is -0.121. The van der Waals surface area contributed by atoms with Crippen LogP contribution in [-0.4, -0.2) is 46.9 Å². The van der Waals surface area contributed by atoms with Crippen LogP contribution in [0.4, 0.5) is 0 Å². The number of hydrogen-bond donors (Lipinski definition) is 2. The maximum atomic E-state index is 12.9. The van der Waals surface area contributed by atoms with Crippen LogP contribution >= 0.6 is 0 Å². The molecule has 2 N–H and O–H groups in total. The van der Waals surface area contributed by atoms with E-state index in [2.05, 4.69) is 5.32 Å². The normalized spacial score (nSPS) is 18.3. The molecule has 152 valence electrons. The van der Waals surface area contributed by atoms with Crippen LogP contribution in [0, 0.1) is 0 Å². The minimum atomic E-state index is -0.955. The molecule has 3 rings (SSSR count). The summed E-state index contributed by atoms with van der Waals surface area (Å²) in [7, 11) is 1.82. The molecule has 29 heavy (non-hydrogen) atoms. The van der Waals surface area contributed by atoms with E-state index in [4.69, 9.17) is 5.11 Å². The molecule has 2 aromatic rings. The standard InChI is InChI=1S/C23H26N2O4/c1-3-21(26)24-19-12-13-20(14-19)25(2)22(27)17-8-4-15(5-9-17)16-6-10-18(11-7-16)23(28)29/h4-11,19-20H,3,12-14H2,1-2H3,(H,24,26)(H,28,29)/t19-,20+/m1/s1. The van der Waals surface area contributed by atoms with Crippen molar-refractivity contribution >= 4 is 17.8 Å². The smallest absolute Gasteiger partial charge is 0.335 e. The lowest BCUT2D eigenvalue weighted by Gasteiger charge is -2.25. The Morgan fingerprint density at radius 2 is 1.52 bits per heavy atom. The zero-order chi connectivity index (χ0) is 21.0. The summed E-state index contributed by atoms with van der Waals surface area (Å²) in [6, 6.07) is 14.2. The lowest BCUT2D eigenvalue weighted by atomic mass is 10.0. The average molecular weight is 394 g/mol. The number of aromatic carboxylic acids is 1. The predicted octanol–water partition coefficient (Wildman–Crippen LogP) is 3.57. The van der Waals surface area contributed by atoms with Crippen LogP contribution in [0.2, 0.25) is 0 Å². The van der Waals surface area contributed by atoms with Gasteiger partial charge in [-0.05, 0) is 54.7 Å². The Morgan fingerprint density at radius 1 is 0.966 bits per heavy atom. The molecule has 0 aromatic heterocycles. The summed E-state index contributed by atoms with van der Waals surface area (Å²) in [6.45, 7) is 1.83. The number of carboxylic acid groups (broad SMARTS) is 1. The second-order valence-corrected chi connectivity index (χ2v) is 7.46. The molecule has 0 aliphatic heterocycles. The van der Waals surface area contributed by atoms with E-state index in [1.54, 1.807) is 41.3 Å². The first-order valence-corrected chi connectivity index (χ1v) is 9.89. The van der Waals surface area contributed by atoms with Gasteiger partial charge in [0.05, 0.1) is 5.56 Å². The number of carbonyl (C=O) groups is 3. The van der Waals surface area contributed by atoms with Crippen molar-refractivity contribution in [1.29, 1.82) is 0 Å². The Balaban J connectivity index is 1.64. The first kappa shape index (κ1) is 20.6. The van der Waals surface area contributed by atoms with Crippen LogP contribution in [0.5, 0.6) is 0 Å². The summed E-state index contributed by atoms with van der Waals surface area (Å²) < 4.78 is 0. The molecule has 2 atom stereocenters. The van der Waals surface area contributed by atoms with Crippen LogP contribution in [-0.2, 0) is 4.79 Å². The summed E-state index contributed by atoms with van der Waals surface area (Å²) >= 11 is 0. The number of nitrogens with zero attached hydrogens (tertiary/aromatic N) is 1. The van der Waals surface area contributed by atoms with Gasteiger partial charge in [-0.25, -0.2) is 4.79 Å². The van der Waals surface area contributed by atoms with Crippen LogP contribution < -0.4 is 5.32 Å². The van der Waals surface area contributed by atoms with Gasteiger partial charge >= 0.3 is 5.97 Å². The number of benzene rings is 2. The van der Waals surface area contributed by atoms with E-state index < -0.39 is 5.97 Å². The minimum absolute atomic E-state index is 0.0368. The molecule has 0 unspecified atom stereocenters. The highest BCUT2D eigenvalue weighted by atomic mass is 16.4. The molecule has 6 heteroatoms. The third-order valence-electron chi connectivity index (χ3n) is 5.56. The topological polar surface area (TPSA) is 86.7 Å². The molecule has 2 amide bonds. The average Bonchev–Trinajstić information content (AvgIpc) is 3.21. The molecule has 1 aliphatic carbocycles. The van der Waals surface area contributed by atoms with Gasteiger partial charge in [0.1, 0.15) is 0 Å². The highest BCUT2D eigenvalue weighted by Gasteiger charge is 2.30. The molecule has 0 saturated heterocycles. The Bertz CT molecular complexity index is 890. The number of carbonyl (C=O) groups excluding carboxylic acids is 2. The van der Waals surface area contributed by atoms with Gasteiger partial charge in [0.15, 0.2) is 0 Å². The molecular formula is C23H26N2O4. The van der Waals surface area contributed by atoms with Gasteiger partial charge in [0.25, 0.3) is 5.91 Å². The van der Waals surface area contributed by atoms with Crippen LogP contribution in [0.1, 0.15) is 53.3 Å². The molecule has 6 nitrogen and oxygen atoms in total. The van der Waals surface area contributed by atoms with Crippen molar-refractivity contribution in [3.8, 4) is 11.1 Å². The Morgan fingerprint density at radius 3 is 2.03 bits per heavy atom. The maximum absolute atomic E-state index is 12.9. The molecule has 0 heterocycles. The van der Waals surface area contributed by atoms with E-state index in [-0.39, 0.29) is 29.5 Å². The zero-order valence-corrected chi connectivity index (χ0v) is 16.7. The van der Waals surface area contributed by atoms with E-state index in [9.17, 15) is 14.4 Å². The molecule has 1 saturated carbocycles. The number of amides is 2. The largest absolute Gasteiger partial charge is 0.478 e. The first-order valence-electron chi connectivity index (χ1n) is 9.89. The summed E-state index contributed by atoms with van der Waals surface area (Å²) in [6.07, 6.45) is 3.02. The molecule has 0 bridgehead atoms. The number of nitrogens with one attached hydrogen (secondary N) is 1. The molecule has 0 spiro atoms. The number of hydrogen-bond acceptors (Lipinski definition) is 3. The van der Waals surface area contributed by atoms with Crippen LogP contribution in [0.15, 0.2) is 48.5 Å². The quantitative estimate of drug-likeness (QED) is 0.784. The van der Waals surface area contributed by atoms with E-state index in [1.165, 1.54) is 0 Å². The highest BCUT2D eigenvalue weighted by molar-refractivity contribution is 5.95. The number of carboxylic acids is 1. The van der Waals surface area contributed by atoms with Gasteiger partial charge in [-0.3, -0.25) is 9.59 Å². The van der Waals surface area contributed by atoms with Crippen LogP contribution in [0.25, 0.3) is 11.1 Å². The van der Waals surface area contributed by atoms with Crippen molar-refractivity contribution < 1.29 is 19.5 Å². The van der Waals surface area contributed by atoms with Gasteiger partial charge in [-0.2, -0.15) is 0 Å². The van der Waals surface area contributed by atoms with Crippen molar-refractivity contribution in [2.24, 2.45) is 0 Å². The molecule has 1 aliphatic rings. The Labute approximate surface area is 170 Å². The molecule has 0 radical (unpaired) electrons. The fraction of sp³-hybridized carbons (Fsp3) is 0.348. The third kappa shape index (κ3) is 4.83. The zero-order valence-electron chi connectivity index (χ0n) is 16.7. The van der Waals surface area contributed by atoms with E-state index >= 15 is 0 Å². The van der Waals surface area contributed by atoms with E-state index in [1.807, 2.05) is 26.1 Å². The fourth-order valence-electron chi connectivity index (χ4n) is 3.75. The van der Waals surface area contributed by atoms with Crippen molar-refractivity contribution in [3.05, 3.63) is 59.7 Å². The van der Waals surface area contributed by atoms with Crippen LogP contribution in [0.3, 0.4) is 0 Å². The summed E-state index contributed by atoms with van der Waals surface area (Å²) in [5.41, 5.74) is 2.67. The predicted molar refractivity (Wildman–Crippen MR) is 111 cm³/mol. The van der Waals surface area contributed by atoms with Gasteiger partial charge in [-0.15, -0.1) is 0 Å². The first-order chi connectivity index (χ1) is 13.9. The lowest BCUT2D eigenvalue weighted by Crippen LogP contribution is -2.38. The van der Waals surface area contributed by atoms with E-state index in [0.29, 0.717) is 12.0 Å². The molecular weight excluding hydrogens is 368 g/mol. The fourth-order valence-corrected chi connectivity index (χ4v) is 3.75. The van der Waals surface area contributed by atoms with Crippen molar-refractivity contribution in [1.82, 2.24) is 10.2 Å². The van der Waals surface area contributed by atoms with Crippen molar-refractivity contribution in [2.75, 3.05) is 7.05 Å². The Kier molecular flexibility index (Phi) is 6.32. The third-order valence-corrected chi connectivity index (χ3v) is 5.56. The Hall–Kier alpha value is -3.15. The maximum Gasteiger partial charge on any atom is 0.335 e. The second kappa shape index (κ2) is 8.90. The summed E-state index contributed by atoms with van der Waals surface area (Å²) in [4.78, 5) is 37.2. The van der Waals surface area contributed by atoms with Gasteiger partial charge in [-0.1, -0.05) is 31.2 Å². The molecule has 1 fully saturated rings.